The van der Waals surface area contributed by atoms with Gasteiger partial charge in [0.25, 0.3) is 0 Å². The molecule has 1 saturated heterocycles. The quantitative estimate of drug-likeness (QED) is 0.617. The lowest BCUT2D eigenvalue weighted by Gasteiger charge is -2.30. The highest BCUT2D eigenvalue weighted by molar-refractivity contribution is 5.96. The summed E-state index contributed by atoms with van der Waals surface area (Å²) in [5.74, 6) is -1.58. The lowest BCUT2D eigenvalue weighted by molar-refractivity contribution is -0.142. The Morgan fingerprint density at radius 2 is 2.17 bits per heavy atom. The summed E-state index contributed by atoms with van der Waals surface area (Å²) in [7, 11) is 1.28. The molecule has 0 N–H and O–H groups in total. The maximum absolute atomic E-state index is 12.3. The number of carbonyl (C=O) groups is 2. The molecule has 2 aliphatic rings. The van der Waals surface area contributed by atoms with E-state index in [0.717, 1.165) is 11.1 Å². The SMILES string of the molecule is COC(=O)N1c2ccccc2[C@]2(CC=C(C)C)C(C#N)C(=O)O[C@H]12. The Balaban J connectivity index is 2.25. The van der Waals surface area contributed by atoms with E-state index in [9.17, 15) is 14.9 Å². The Labute approximate surface area is 140 Å². The summed E-state index contributed by atoms with van der Waals surface area (Å²) < 4.78 is 10.3. The normalized spacial score (nSPS) is 26.9. The summed E-state index contributed by atoms with van der Waals surface area (Å²) in [6.07, 6.45) is 0.902. The fourth-order valence-corrected chi connectivity index (χ4v) is 3.57. The van der Waals surface area contributed by atoms with Crippen LogP contribution in [-0.4, -0.2) is 25.4 Å². The van der Waals surface area contributed by atoms with Crippen molar-refractivity contribution in [2.45, 2.75) is 31.9 Å². The first kappa shape index (κ1) is 16.1. The van der Waals surface area contributed by atoms with Crippen LogP contribution >= 0.6 is 0 Å². The van der Waals surface area contributed by atoms with Gasteiger partial charge in [-0.1, -0.05) is 29.8 Å². The zero-order valence-corrected chi connectivity index (χ0v) is 13.8. The fraction of sp³-hybridized carbons (Fsp3) is 0.389. The molecule has 2 heterocycles. The Morgan fingerprint density at radius 3 is 2.79 bits per heavy atom. The van der Waals surface area contributed by atoms with Crippen LogP contribution in [0.25, 0.3) is 0 Å². The van der Waals surface area contributed by atoms with Crippen molar-refractivity contribution >= 4 is 17.7 Å². The topological polar surface area (TPSA) is 79.6 Å². The smallest absolute Gasteiger partial charge is 0.417 e. The molecule has 124 valence electrons. The van der Waals surface area contributed by atoms with Crippen molar-refractivity contribution in [2.24, 2.45) is 5.92 Å². The van der Waals surface area contributed by atoms with Crippen LogP contribution in [0.5, 0.6) is 0 Å². The third kappa shape index (κ3) is 2.01. The minimum Gasteiger partial charge on any atom is -0.452 e. The molecule has 0 aliphatic carbocycles. The van der Waals surface area contributed by atoms with Crippen molar-refractivity contribution in [3.05, 3.63) is 41.5 Å². The summed E-state index contributed by atoms with van der Waals surface area (Å²) in [6.45, 7) is 3.90. The van der Waals surface area contributed by atoms with Crippen molar-refractivity contribution in [3.8, 4) is 6.07 Å². The number of nitriles is 1. The number of hydrogen-bond acceptors (Lipinski definition) is 5. The molecule has 2 aliphatic heterocycles. The largest absolute Gasteiger partial charge is 0.452 e. The molecule has 0 radical (unpaired) electrons. The Hall–Kier alpha value is -2.81. The molecule has 24 heavy (non-hydrogen) atoms. The summed E-state index contributed by atoms with van der Waals surface area (Å²) in [5.41, 5.74) is 1.51. The minimum absolute atomic E-state index is 0.425. The first-order valence-corrected chi connectivity index (χ1v) is 7.67. The molecule has 1 amide bonds. The molecule has 1 unspecified atom stereocenters. The van der Waals surface area contributed by atoms with E-state index in [2.05, 4.69) is 6.07 Å². The number of hydrogen-bond donors (Lipinski definition) is 0. The molecule has 0 saturated carbocycles. The third-order valence-corrected chi connectivity index (χ3v) is 4.67. The summed E-state index contributed by atoms with van der Waals surface area (Å²) in [6, 6.07) is 9.33. The van der Waals surface area contributed by atoms with Crippen LogP contribution in [0.1, 0.15) is 25.8 Å². The number of carbonyl (C=O) groups excluding carboxylic acids is 2. The molecule has 0 bridgehead atoms. The summed E-state index contributed by atoms with van der Waals surface area (Å²) in [5, 5.41) is 9.62. The van der Waals surface area contributed by atoms with Gasteiger partial charge in [0.15, 0.2) is 12.1 Å². The lowest BCUT2D eigenvalue weighted by atomic mass is 9.70. The molecule has 0 aromatic heterocycles. The molecule has 1 aromatic rings. The predicted molar refractivity (Wildman–Crippen MR) is 86.0 cm³/mol. The average molecular weight is 326 g/mol. The van der Waals surface area contributed by atoms with Gasteiger partial charge < -0.3 is 9.47 Å². The molecule has 6 nitrogen and oxygen atoms in total. The lowest BCUT2D eigenvalue weighted by Crippen LogP contribution is -2.47. The second-order valence-electron chi connectivity index (χ2n) is 6.23. The second-order valence-corrected chi connectivity index (χ2v) is 6.23. The number of allylic oxidation sites excluding steroid dienone is 2. The maximum Gasteiger partial charge on any atom is 0.417 e. The van der Waals surface area contributed by atoms with E-state index in [1.165, 1.54) is 12.0 Å². The number of esters is 1. The maximum atomic E-state index is 12.3. The Bertz CT molecular complexity index is 775. The molecule has 0 spiro atoms. The summed E-state index contributed by atoms with van der Waals surface area (Å²) in [4.78, 5) is 25.9. The molecule has 3 atom stereocenters. The molecular weight excluding hydrogens is 308 g/mol. The number of amides is 1. The van der Waals surface area contributed by atoms with Crippen LogP contribution in [0.2, 0.25) is 0 Å². The van der Waals surface area contributed by atoms with Gasteiger partial charge >= 0.3 is 12.1 Å². The van der Waals surface area contributed by atoms with Crippen LogP contribution in [0.3, 0.4) is 0 Å². The highest BCUT2D eigenvalue weighted by atomic mass is 16.6. The van der Waals surface area contributed by atoms with Crippen LogP contribution in [-0.2, 0) is 19.7 Å². The fourth-order valence-electron chi connectivity index (χ4n) is 3.57. The highest BCUT2D eigenvalue weighted by Crippen LogP contribution is 2.56. The number of methoxy groups -OCH3 is 1. The van der Waals surface area contributed by atoms with E-state index in [-0.39, 0.29) is 0 Å². The number of para-hydroxylation sites is 1. The molecule has 3 rings (SSSR count). The van der Waals surface area contributed by atoms with Crippen molar-refractivity contribution in [1.29, 1.82) is 5.26 Å². The van der Waals surface area contributed by atoms with Crippen LogP contribution < -0.4 is 4.90 Å². The zero-order valence-electron chi connectivity index (χ0n) is 13.8. The van der Waals surface area contributed by atoms with E-state index in [1.807, 2.05) is 32.1 Å². The predicted octanol–water partition coefficient (Wildman–Crippen LogP) is 2.89. The zero-order chi connectivity index (χ0) is 17.5. The van der Waals surface area contributed by atoms with Crippen molar-refractivity contribution in [2.75, 3.05) is 12.0 Å². The number of nitrogens with zero attached hydrogens (tertiary/aromatic N) is 2. The van der Waals surface area contributed by atoms with E-state index in [4.69, 9.17) is 9.47 Å². The Morgan fingerprint density at radius 1 is 1.46 bits per heavy atom. The highest BCUT2D eigenvalue weighted by Gasteiger charge is 2.66. The van der Waals surface area contributed by atoms with E-state index in [0.29, 0.717) is 12.1 Å². The van der Waals surface area contributed by atoms with Gasteiger partial charge in [0.1, 0.15) is 0 Å². The van der Waals surface area contributed by atoms with Gasteiger partial charge in [-0.2, -0.15) is 5.26 Å². The number of anilines is 1. The second kappa shape index (κ2) is 5.68. The van der Waals surface area contributed by atoms with E-state index >= 15 is 0 Å². The van der Waals surface area contributed by atoms with Gasteiger partial charge in [-0.25, -0.2) is 9.69 Å². The van der Waals surface area contributed by atoms with Gasteiger partial charge in [-0.15, -0.1) is 0 Å². The Kier molecular flexibility index (Phi) is 3.80. The average Bonchev–Trinajstić information content (AvgIpc) is 2.99. The van der Waals surface area contributed by atoms with E-state index < -0.39 is 29.6 Å². The molecular formula is C18H18N2O4. The van der Waals surface area contributed by atoms with Crippen LogP contribution in [0.15, 0.2) is 35.9 Å². The van der Waals surface area contributed by atoms with Gasteiger partial charge in [0.2, 0.25) is 0 Å². The molecule has 1 fully saturated rings. The standard InChI is InChI=1S/C18H18N2O4/c1-11(2)8-9-18-12-6-4-5-7-14(12)20(17(22)23-3)16(18)24-15(21)13(18)10-19/h4-8,13,16H,9H2,1-3H3/t13?,16-,18+/m0/s1. The summed E-state index contributed by atoms with van der Waals surface area (Å²) >= 11 is 0. The van der Waals surface area contributed by atoms with Gasteiger partial charge in [0, 0.05) is 0 Å². The van der Waals surface area contributed by atoms with Crippen molar-refractivity contribution in [3.63, 3.8) is 0 Å². The van der Waals surface area contributed by atoms with Crippen molar-refractivity contribution < 1.29 is 19.1 Å². The third-order valence-electron chi connectivity index (χ3n) is 4.67. The number of fused-ring (bicyclic) bond motifs is 3. The monoisotopic (exact) mass is 326 g/mol. The number of rotatable bonds is 2. The molecule has 1 aromatic carbocycles. The van der Waals surface area contributed by atoms with Gasteiger partial charge in [0.05, 0.1) is 24.3 Å². The van der Waals surface area contributed by atoms with Crippen molar-refractivity contribution in [1.82, 2.24) is 0 Å². The molecule has 6 heteroatoms. The van der Waals surface area contributed by atoms with Gasteiger partial charge in [-0.05, 0) is 31.9 Å². The minimum atomic E-state index is -0.978. The van der Waals surface area contributed by atoms with Gasteiger partial charge in [-0.3, -0.25) is 4.79 Å². The van der Waals surface area contributed by atoms with E-state index in [1.54, 1.807) is 12.1 Å². The first-order valence-electron chi connectivity index (χ1n) is 7.67. The first-order chi connectivity index (χ1) is 11.5. The number of ether oxygens (including phenoxy) is 2. The van der Waals surface area contributed by atoms with Crippen LogP contribution in [0.4, 0.5) is 10.5 Å². The van der Waals surface area contributed by atoms with Crippen LogP contribution in [0, 0.1) is 17.2 Å². The number of benzene rings is 1.